The van der Waals surface area contributed by atoms with E-state index in [0.29, 0.717) is 19.3 Å². The summed E-state index contributed by atoms with van der Waals surface area (Å²) in [6.07, 6.45) is 80.1. The minimum atomic E-state index is -0.818. The van der Waals surface area contributed by atoms with E-state index in [2.05, 4.69) is 154 Å². The van der Waals surface area contributed by atoms with Crippen LogP contribution in [0.25, 0.3) is 0 Å². The zero-order valence-corrected chi connectivity index (χ0v) is 45.0. The SMILES string of the molecule is CC/C=C\C/C=C\C/C=C\C/C=C\C/C=C\CCCCCC(=O)OCC(COC(=O)CCCCCCC/C=C\CCCCCCC)OC(=O)CCCCC/C=C\C/C=C\C/C=C\C/C=C\C/C=C\CC. The molecule has 1 unspecified atom stereocenters. The van der Waals surface area contributed by atoms with Crippen molar-refractivity contribution < 1.29 is 28.6 Å². The number of hydrogen-bond acceptors (Lipinski definition) is 6. The first-order valence-corrected chi connectivity index (χ1v) is 28.2. The van der Waals surface area contributed by atoms with Crippen molar-refractivity contribution in [1.82, 2.24) is 0 Å². The number of unbranched alkanes of at least 4 members (excludes halogenated alkanes) is 16. The van der Waals surface area contributed by atoms with Crippen molar-refractivity contribution in [3.05, 3.63) is 134 Å². The maximum atomic E-state index is 12.9. The Morgan fingerprint density at radius 3 is 0.900 bits per heavy atom. The van der Waals surface area contributed by atoms with Crippen molar-refractivity contribution in [3.63, 3.8) is 0 Å². The van der Waals surface area contributed by atoms with Crippen LogP contribution in [-0.4, -0.2) is 37.2 Å². The molecule has 0 aliphatic rings. The first-order valence-electron chi connectivity index (χ1n) is 28.2. The van der Waals surface area contributed by atoms with Crippen molar-refractivity contribution in [3.8, 4) is 0 Å². The van der Waals surface area contributed by atoms with E-state index in [1.165, 1.54) is 44.9 Å². The monoisotopic (exact) mass is 967 g/mol. The fourth-order valence-electron chi connectivity index (χ4n) is 7.19. The summed E-state index contributed by atoms with van der Waals surface area (Å²) in [7, 11) is 0. The molecular weight excluding hydrogens is 865 g/mol. The average molecular weight is 968 g/mol. The largest absolute Gasteiger partial charge is 0.462 e. The molecule has 0 radical (unpaired) electrons. The Morgan fingerprint density at radius 1 is 0.300 bits per heavy atom. The van der Waals surface area contributed by atoms with Crippen molar-refractivity contribution in [1.29, 1.82) is 0 Å². The van der Waals surface area contributed by atoms with Crippen LogP contribution in [0.1, 0.15) is 233 Å². The van der Waals surface area contributed by atoms with E-state index in [0.717, 1.165) is 141 Å². The Morgan fingerprint density at radius 2 is 0.557 bits per heavy atom. The third kappa shape index (κ3) is 54.5. The van der Waals surface area contributed by atoms with Gasteiger partial charge < -0.3 is 14.2 Å². The maximum absolute atomic E-state index is 12.9. The second-order valence-corrected chi connectivity index (χ2v) is 18.1. The number of carbonyl (C=O) groups excluding carboxylic acids is 3. The molecular formula is C64H102O6. The molecule has 0 N–H and O–H groups in total. The highest BCUT2D eigenvalue weighted by Crippen LogP contribution is 2.13. The van der Waals surface area contributed by atoms with Gasteiger partial charge in [-0.3, -0.25) is 14.4 Å². The lowest BCUT2D eigenvalue weighted by molar-refractivity contribution is -0.167. The fraction of sp³-hybridized carbons (Fsp3) is 0.609. The van der Waals surface area contributed by atoms with Crippen LogP contribution in [0.15, 0.2) is 134 Å². The molecule has 6 nitrogen and oxygen atoms in total. The smallest absolute Gasteiger partial charge is 0.306 e. The summed E-state index contributed by atoms with van der Waals surface area (Å²) in [5, 5.41) is 0. The molecule has 0 fully saturated rings. The molecule has 0 bridgehead atoms. The van der Waals surface area contributed by atoms with Crippen molar-refractivity contribution in [2.75, 3.05) is 13.2 Å². The lowest BCUT2D eigenvalue weighted by atomic mass is 10.1. The molecule has 0 spiro atoms. The molecule has 6 heteroatoms. The Labute approximate surface area is 430 Å². The topological polar surface area (TPSA) is 78.9 Å². The minimum absolute atomic E-state index is 0.111. The molecule has 394 valence electrons. The minimum Gasteiger partial charge on any atom is -0.462 e. The second-order valence-electron chi connectivity index (χ2n) is 18.1. The second kappa shape index (κ2) is 57.1. The lowest BCUT2D eigenvalue weighted by Gasteiger charge is -2.18. The van der Waals surface area contributed by atoms with Gasteiger partial charge in [-0.05, 0) is 135 Å². The molecule has 0 aromatic rings. The first-order chi connectivity index (χ1) is 34.5. The number of esters is 3. The van der Waals surface area contributed by atoms with E-state index in [1.807, 2.05) is 0 Å². The zero-order valence-electron chi connectivity index (χ0n) is 45.0. The fourth-order valence-corrected chi connectivity index (χ4v) is 7.19. The van der Waals surface area contributed by atoms with Gasteiger partial charge in [-0.2, -0.15) is 0 Å². The van der Waals surface area contributed by atoms with Gasteiger partial charge in [0, 0.05) is 19.3 Å². The molecule has 70 heavy (non-hydrogen) atoms. The molecule has 0 saturated carbocycles. The number of rotatable bonds is 49. The molecule has 0 amide bonds. The summed E-state index contributed by atoms with van der Waals surface area (Å²) < 4.78 is 16.8. The van der Waals surface area contributed by atoms with Gasteiger partial charge >= 0.3 is 17.9 Å². The summed E-state index contributed by atoms with van der Waals surface area (Å²) in [4.78, 5) is 38.1. The van der Waals surface area contributed by atoms with Gasteiger partial charge in [-0.1, -0.05) is 212 Å². The van der Waals surface area contributed by atoms with E-state index in [1.54, 1.807) is 0 Å². The summed E-state index contributed by atoms with van der Waals surface area (Å²) in [6.45, 7) is 6.33. The van der Waals surface area contributed by atoms with Crippen LogP contribution in [0.2, 0.25) is 0 Å². The van der Waals surface area contributed by atoms with Crippen LogP contribution in [0.3, 0.4) is 0 Å². The van der Waals surface area contributed by atoms with Gasteiger partial charge in [0.25, 0.3) is 0 Å². The van der Waals surface area contributed by atoms with Gasteiger partial charge in [0.15, 0.2) is 6.10 Å². The van der Waals surface area contributed by atoms with Gasteiger partial charge in [-0.15, -0.1) is 0 Å². The predicted molar refractivity (Wildman–Crippen MR) is 302 cm³/mol. The van der Waals surface area contributed by atoms with Gasteiger partial charge in [0.2, 0.25) is 0 Å². The summed E-state index contributed by atoms with van der Waals surface area (Å²) in [5.74, 6) is -0.990. The number of allylic oxidation sites excluding steroid dienone is 22. The third-order valence-corrected chi connectivity index (χ3v) is 11.4. The number of carbonyl (C=O) groups is 3. The molecule has 0 aliphatic heterocycles. The Bertz CT molecular complexity index is 1530. The van der Waals surface area contributed by atoms with Crippen LogP contribution in [0.5, 0.6) is 0 Å². The van der Waals surface area contributed by atoms with Crippen LogP contribution in [0, 0.1) is 0 Å². The van der Waals surface area contributed by atoms with Gasteiger partial charge in [0.1, 0.15) is 13.2 Å². The Kier molecular flexibility index (Phi) is 53.5. The molecule has 0 aliphatic carbocycles. The van der Waals surface area contributed by atoms with Crippen molar-refractivity contribution >= 4 is 17.9 Å². The quantitative estimate of drug-likeness (QED) is 0.0262. The van der Waals surface area contributed by atoms with Gasteiger partial charge in [-0.25, -0.2) is 0 Å². The van der Waals surface area contributed by atoms with Crippen LogP contribution < -0.4 is 0 Å². The van der Waals surface area contributed by atoms with Crippen LogP contribution in [0.4, 0.5) is 0 Å². The summed E-state index contributed by atoms with van der Waals surface area (Å²) in [6, 6.07) is 0. The highest BCUT2D eigenvalue weighted by molar-refractivity contribution is 5.71. The molecule has 0 heterocycles. The number of hydrogen-bond donors (Lipinski definition) is 0. The molecule has 0 aromatic heterocycles. The molecule has 1 atom stereocenters. The normalized spacial score (nSPS) is 13.1. The standard InChI is InChI=1S/C64H102O6/c1-4-7-10-13-16-19-22-25-28-30-32-34-36-39-42-45-48-51-54-57-63(66)69-60-61(59-68-62(65)56-53-50-47-44-41-38-27-24-21-18-15-12-9-6-3)70-64(67)58-55-52-49-46-43-40-37-35-33-31-29-26-23-20-17-14-11-8-5-2/h7-8,10-11,16-17,19-20,24-29,32-35,39-40,42-43,61H,4-6,9,12-15,18,21-23,30-31,36-38,41,44-60H2,1-3H3/b10-7-,11-8-,19-16-,20-17-,27-24-,28-25-,29-26-,34-32-,35-33-,42-39-,43-40-. The predicted octanol–water partition coefficient (Wildman–Crippen LogP) is 19.0. The van der Waals surface area contributed by atoms with E-state index in [-0.39, 0.29) is 37.5 Å². The molecule has 0 saturated heterocycles. The third-order valence-electron chi connectivity index (χ3n) is 11.4. The Balaban J connectivity index is 4.55. The van der Waals surface area contributed by atoms with Crippen LogP contribution >= 0.6 is 0 Å². The Hall–Kier alpha value is -4.45. The maximum Gasteiger partial charge on any atom is 0.306 e. The van der Waals surface area contributed by atoms with Crippen molar-refractivity contribution in [2.24, 2.45) is 0 Å². The van der Waals surface area contributed by atoms with E-state index in [4.69, 9.17) is 14.2 Å². The lowest BCUT2D eigenvalue weighted by Crippen LogP contribution is -2.30. The van der Waals surface area contributed by atoms with E-state index < -0.39 is 6.10 Å². The zero-order chi connectivity index (χ0) is 50.7. The van der Waals surface area contributed by atoms with Gasteiger partial charge in [0.05, 0.1) is 0 Å². The highest BCUT2D eigenvalue weighted by Gasteiger charge is 2.19. The molecule has 0 aromatic carbocycles. The average Bonchev–Trinajstić information content (AvgIpc) is 3.36. The highest BCUT2D eigenvalue weighted by atomic mass is 16.6. The van der Waals surface area contributed by atoms with E-state index >= 15 is 0 Å². The van der Waals surface area contributed by atoms with Crippen LogP contribution in [-0.2, 0) is 28.6 Å². The van der Waals surface area contributed by atoms with E-state index in [9.17, 15) is 14.4 Å². The molecule has 0 rings (SSSR count). The summed E-state index contributed by atoms with van der Waals surface area (Å²) >= 11 is 0. The summed E-state index contributed by atoms with van der Waals surface area (Å²) in [5.41, 5.74) is 0. The number of ether oxygens (including phenoxy) is 3. The van der Waals surface area contributed by atoms with Crippen molar-refractivity contribution in [2.45, 2.75) is 239 Å². The first kappa shape index (κ1) is 65.5.